The van der Waals surface area contributed by atoms with Crippen LogP contribution in [0.1, 0.15) is 37.5 Å². The normalized spacial score (nSPS) is 15.5. The smallest absolute Gasteiger partial charge is 0.296 e. The van der Waals surface area contributed by atoms with E-state index < -0.39 is 23.5 Å². The summed E-state index contributed by atoms with van der Waals surface area (Å²) in [6.45, 7) is 3.48. The Bertz CT molecular complexity index is 1670. The molecule has 4 aromatic rings. The molecule has 0 fully saturated rings. The van der Waals surface area contributed by atoms with E-state index >= 15 is 0 Å². The second-order valence-corrected chi connectivity index (χ2v) is 13.4. The molecule has 14 heteroatoms. The van der Waals surface area contributed by atoms with Crippen LogP contribution in [-0.2, 0) is 10.5 Å². The summed E-state index contributed by atoms with van der Waals surface area (Å²) in [6.07, 6.45) is 0. The number of hydrogen-bond acceptors (Lipinski definition) is 9. The summed E-state index contributed by atoms with van der Waals surface area (Å²) in [5.74, 6) is -1.50. The Balaban J connectivity index is 1.53. The summed E-state index contributed by atoms with van der Waals surface area (Å²) in [6, 6.07) is 8.90. The first-order valence-electron chi connectivity index (χ1n) is 11.2. The highest BCUT2D eigenvalue weighted by molar-refractivity contribution is 8.00. The third kappa shape index (κ3) is 5.56. The molecular weight excluding hydrogens is 642 g/mol. The van der Waals surface area contributed by atoms with E-state index in [4.69, 9.17) is 46.4 Å². The number of carbonyl (C=O) groups is 2. The SMILES string of the molecule is Cc1nc(C)c(C(=O)C2=C(O)C(=O)N(c3nnc(SCc4ccc(Cl)cc4Cl)s3)C2c2ccc(Cl)cc2Cl)s1. The van der Waals surface area contributed by atoms with Crippen molar-refractivity contribution >= 4 is 97.7 Å². The van der Waals surface area contributed by atoms with Crippen molar-refractivity contribution in [2.75, 3.05) is 4.90 Å². The van der Waals surface area contributed by atoms with Crippen LogP contribution in [-0.4, -0.2) is 32.0 Å². The number of thiazole rings is 1. The van der Waals surface area contributed by atoms with Crippen LogP contribution < -0.4 is 4.90 Å². The first-order chi connectivity index (χ1) is 18.5. The van der Waals surface area contributed by atoms with Crippen molar-refractivity contribution in [3.8, 4) is 0 Å². The Morgan fingerprint density at radius 2 is 1.72 bits per heavy atom. The highest BCUT2D eigenvalue weighted by Gasteiger charge is 2.47. The van der Waals surface area contributed by atoms with Gasteiger partial charge < -0.3 is 5.11 Å². The van der Waals surface area contributed by atoms with Gasteiger partial charge >= 0.3 is 0 Å². The van der Waals surface area contributed by atoms with Gasteiger partial charge in [-0.25, -0.2) is 4.98 Å². The molecule has 3 heterocycles. The minimum atomic E-state index is -1.06. The summed E-state index contributed by atoms with van der Waals surface area (Å²) >= 11 is 28.6. The molecule has 0 bridgehead atoms. The third-order valence-corrected chi connectivity index (χ3v) is 10.1. The van der Waals surface area contributed by atoms with Gasteiger partial charge in [0.25, 0.3) is 5.91 Å². The van der Waals surface area contributed by atoms with Crippen molar-refractivity contribution in [3.63, 3.8) is 0 Å². The second-order valence-electron chi connectivity index (χ2n) is 8.36. The summed E-state index contributed by atoms with van der Waals surface area (Å²) in [7, 11) is 0. The molecule has 0 radical (unpaired) electrons. The Morgan fingerprint density at radius 3 is 2.36 bits per heavy atom. The number of aliphatic hydroxyl groups excluding tert-OH is 1. The molecule has 200 valence electrons. The molecular formula is C25H16Cl4N4O3S3. The first kappa shape index (κ1) is 28.4. The lowest BCUT2D eigenvalue weighted by atomic mass is 9.95. The number of rotatable bonds is 7. The van der Waals surface area contributed by atoms with Gasteiger partial charge in [0.1, 0.15) is 0 Å². The quantitative estimate of drug-likeness (QED) is 0.121. The van der Waals surface area contributed by atoms with Gasteiger partial charge in [-0.15, -0.1) is 21.5 Å². The molecule has 1 unspecified atom stereocenters. The van der Waals surface area contributed by atoms with E-state index in [-0.39, 0.29) is 15.7 Å². The van der Waals surface area contributed by atoms with Crippen LogP contribution in [0.3, 0.4) is 0 Å². The zero-order valence-electron chi connectivity index (χ0n) is 20.0. The van der Waals surface area contributed by atoms with Gasteiger partial charge in [-0.3, -0.25) is 14.5 Å². The lowest BCUT2D eigenvalue weighted by Crippen LogP contribution is -2.31. The van der Waals surface area contributed by atoms with Crippen molar-refractivity contribution < 1.29 is 14.7 Å². The molecule has 39 heavy (non-hydrogen) atoms. The fourth-order valence-electron chi connectivity index (χ4n) is 4.05. The number of ketones is 1. The number of aromatic nitrogens is 3. The maximum absolute atomic E-state index is 13.7. The predicted molar refractivity (Wildman–Crippen MR) is 158 cm³/mol. The molecule has 1 amide bonds. The van der Waals surface area contributed by atoms with Crippen molar-refractivity contribution in [1.82, 2.24) is 15.2 Å². The van der Waals surface area contributed by atoms with Gasteiger partial charge in [0, 0.05) is 25.8 Å². The van der Waals surface area contributed by atoms with E-state index in [1.54, 1.807) is 38.1 Å². The number of thioether (sulfide) groups is 1. The maximum atomic E-state index is 13.7. The third-order valence-electron chi connectivity index (χ3n) is 5.79. The first-order valence-corrected chi connectivity index (χ1v) is 15.3. The highest BCUT2D eigenvalue weighted by Crippen LogP contribution is 2.46. The van der Waals surface area contributed by atoms with E-state index in [0.29, 0.717) is 46.3 Å². The van der Waals surface area contributed by atoms with Crippen LogP contribution in [0, 0.1) is 13.8 Å². The number of nitrogens with zero attached hydrogens (tertiary/aromatic N) is 4. The van der Waals surface area contributed by atoms with Crippen molar-refractivity contribution in [2.24, 2.45) is 0 Å². The highest BCUT2D eigenvalue weighted by atomic mass is 35.5. The number of aryl methyl sites for hydroxylation is 2. The number of aliphatic hydroxyl groups is 1. The molecule has 1 aliphatic heterocycles. The zero-order chi connectivity index (χ0) is 28.0. The predicted octanol–water partition coefficient (Wildman–Crippen LogP) is 8.30. The van der Waals surface area contributed by atoms with Crippen LogP contribution >= 0.6 is 80.8 Å². The van der Waals surface area contributed by atoms with Crippen LogP contribution in [0.15, 0.2) is 52.1 Å². The van der Waals surface area contributed by atoms with E-state index in [1.165, 1.54) is 34.1 Å². The summed E-state index contributed by atoms with van der Waals surface area (Å²) in [5, 5.41) is 22.0. The van der Waals surface area contributed by atoms with Crippen LogP contribution in [0.25, 0.3) is 0 Å². The fourth-order valence-corrected chi connectivity index (χ4v) is 7.86. The number of amides is 1. The molecule has 1 N–H and O–H groups in total. The van der Waals surface area contributed by atoms with Gasteiger partial charge in [-0.1, -0.05) is 81.6 Å². The van der Waals surface area contributed by atoms with Crippen molar-refractivity contribution in [3.05, 3.63) is 94.5 Å². The summed E-state index contributed by atoms with van der Waals surface area (Å²) in [5.41, 5.74) is 1.64. The van der Waals surface area contributed by atoms with Gasteiger partial charge in [0.05, 0.1) is 27.2 Å². The van der Waals surface area contributed by atoms with Crippen LogP contribution in [0.4, 0.5) is 5.13 Å². The van der Waals surface area contributed by atoms with Gasteiger partial charge in [0.15, 0.2) is 10.1 Å². The van der Waals surface area contributed by atoms with Gasteiger partial charge in [-0.05, 0) is 49.2 Å². The Hall–Kier alpha value is -2.18. The number of hydrogen-bond donors (Lipinski definition) is 1. The Labute approximate surface area is 255 Å². The average molecular weight is 658 g/mol. The average Bonchev–Trinajstić information content (AvgIpc) is 3.54. The molecule has 1 atom stereocenters. The lowest BCUT2D eigenvalue weighted by Gasteiger charge is -2.24. The number of Topliss-reactive ketones (excluding diaryl/α,β-unsaturated/α-hetero) is 1. The largest absolute Gasteiger partial charge is 0.503 e. The molecule has 5 rings (SSSR count). The second kappa shape index (κ2) is 11.4. The minimum Gasteiger partial charge on any atom is -0.503 e. The molecule has 7 nitrogen and oxygen atoms in total. The maximum Gasteiger partial charge on any atom is 0.296 e. The molecule has 0 spiro atoms. The molecule has 2 aromatic heterocycles. The van der Waals surface area contributed by atoms with Crippen LogP contribution in [0.2, 0.25) is 20.1 Å². The molecule has 0 aliphatic carbocycles. The molecule has 0 saturated heterocycles. The topological polar surface area (TPSA) is 96.3 Å². The minimum absolute atomic E-state index is 0.117. The van der Waals surface area contributed by atoms with Gasteiger partial charge in [0.2, 0.25) is 10.9 Å². The molecule has 0 saturated carbocycles. The monoisotopic (exact) mass is 656 g/mol. The van der Waals surface area contributed by atoms with E-state index in [9.17, 15) is 14.7 Å². The Morgan fingerprint density at radius 1 is 1.03 bits per heavy atom. The Kier molecular flexibility index (Phi) is 8.26. The van der Waals surface area contributed by atoms with E-state index in [2.05, 4.69) is 15.2 Å². The standard InChI is InChI=1S/C25H16Cl4N4O3S3/c1-10-22(38-11(2)30-10)20(34)18-19(15-6-5-14(27)8-17(15)29)33(23(36)21(18)35)24-31-32-25(39-24)37-9-12-3-4-13(26)7-16(12)28/h3-8,19,35H,9H2,1-2H3. The number of anilines is 1. The fraction of sp³-hybridized carbons (Fsp3) is 0.160. The number of halogens is 4. The summed E-state index contributed by atoms with van der Waals surface area (Å²) in [4.78, 5) is 33.1. The van der Waals surface area contributed by atoms with Crippen molar-refractivity contribution in [2.45, 2.75) is 30.0 Å². The summed E-state index contributed by atoms with van der Waals surface area (Å²) < 4.78 is 0.554. The van der Waals surface area contributed by atoms with E-state index in [0.717, 1.165) is 16.9 Å². The zero-order valence-corrected chi connectivity index (χ0v) is 25.5. The lowest BCUT2D eigenvalue weighted by molar-refractivity contribution is -0.117. The van der Waals surface area contributed by atoms with Crippen LogP contribution in [0.5, 0.6) is 0 Å². The molecule has 1 aliphatic rings. The molecule has 2 aromatic carbocycles. The van der Waals surface area contributed by atoms with Gasteiger partial charge in [-0.2, -0.15) is 0 Å². The van der Waals surface area contributed by atoms with Crippen molar-refractivity contribution in [1.29, 1.82) is 0 Å². The van der Waals surface area contributed by atoms with E-state index in [1.807, 2.05) is 6.07 Å². The number of carbonyl (C=O) groups excluding carboxylic acids is 2. The number of benzene rings is 2.